The maximum absolute atomic E-state index is 12.0. The van der Waals surface area contributed by atoms with Crippen molar-refractivity contribution in [2.24, 2.45) is 11.7 Å². The molecule has 1 unspecified atom stereocenters. The van der Waals surface area contributed by atoms with Gasteiger partial charge in [0.25, 0.3) is 5.91 Å². The molecule has 1 atom stereocenters. The van der Waals surface area contributed by atoms with Gasteiger partial charge >= 0.3 is 0 Å². The molecule has 0 spiro atoms. The zero-order valence-electron chi connectivity index (χ0n) is 11.6. The molecule has 0 aliphatic heterocycles. The van der Waals surface area contributed by atoms with Gasteiger partial charge in [-0.3, -0.25) is 9.59 Å². The Balaban J connectivity index is 2.83. The molecule has 1 aromatic rings. The van der Waals surface area contributed by atoms with Crippen molar-refractivity contribution in [2.75, 3.05) is 11.9 Å². The molecule has 0 aromatic heterocycles. The van der Waals surface area contributed by atoms with E-state index in [-0.39, 0.29) is 11.8 Å². The fourth-order valence-electron chi connectivity index (χ4n) is 1.43. The predicted molar refractivity (Wildman–Crippen MR) is 75.9 cm³/mol. The summed E-state index contributed by atoms with van der Waals surface area (Å²) in [6, 6.07) is 6.26. The third kappa shape index (κ3) is 4.71. The van der Waals surface area contributed by atoms with Gasteiger partial charge in [-0.05, 0) is 25.0 Å². The largest absolute Gasteiger partial charge is 0.352 e. The lowest BCUT2D eigenvalue weighted by atomic mass is 10.1. The number of carbonyl (C=O) groups excluding carboxylic acids is 2. The minimum Gasteiger partial charge on any atom is -0.352 e. The Labute approximate surface area is 113 Å². The molecule has 0 heterocycles. The summed E-state index contributed by atoms with van der Waals surface area (Å²) in [5.41, 5.74) is 6.42. The Bertz CT molecular complexity index is 456. The Morgan fingerprint density at radius 3 is 2.42 bits per heavy atom. The van der Waals surface area contributed by atoms with Gasteiger partial charge in [0, 0.05) is 6.54 Å². The molecule has 5 heteroatoms. The molecular formula is C14H21N3O2. The fourth-order valence-corrected chi connectivity index (χ4v) is 1.43. The molecule has 104 valence electrons. The monoisotopic (exact) mass is 263 g/mol. The van der Waals surface area contributed by atoms with Crippen molar-refractivity contribution in [1.82, 2.24) is 5.32 Å². The van der Waals surface area contributed by atoms with E-state index >= 15 is 0 Å². The van der Waals surface area contributed by atoms with Gasteiger partial charge in [-0.25, -0.2) is 0 Å². The standard InChI is InChI=1S/C14H21N3O2/c1-9(2)8-16-14(19)11-6-4-5-7-12(11)17-13(18)10(3)15/h4-7,9-10H,8,15H2,1-3H3,(H,16,19)(H,17,18). The van der Waals surface area contributed by atoms with Gasteiger partial charge < -0.3 is 16.4 Å². The second-order valence-corrected chi connectivity index (χ2v) is 4.93. The highest BCUT2D eigenvalue weighted by Gasteiger charge is 2.14. The number of benzene rings is 1. The van der Waals surface area contributed by atoms with Crippen molar-refractivity contribution < 1.29 is 9.59 Å². The van der Waals surface area contributed by atoms with Gasteiger partial charge in [0.2, 0.25) is 5.91 Å². The zero-order valence-corrected chi connectivity index (χ0v) is 11.6. The van der Waals surface area contributed by atoms with Crippen molar-refractivity contribution >= 4 is 17.5 Å². The molecule has 1 aromatic carbocycles. The van der Waals surface area contributed by atoms with Crippen LogP contribution in [-0.2, 0) is 4.79 Å². The molecule has 5 nitrogen and oxygen atoms in total. The van der Waals surface area contributed by atoms with Crippen LogP contribution in [0, 0.1) is 5.92 Å². The fraction of sp³-hybridized carbons (Fsp3) is 0.429. The summed E-state index contributed by atoms with van der Waals surface area (Å²) >= 11 is 0. The van der Waals surface area contributed by atoms with Crippen LogP contribution in [0.15, 0.2) is 24.3 Å². The molecule has 0 aliphatic rings. The van der Waals surface area contributed by atoms with Crippen LogP contribution >= 0.6 is 0 Å². The lowest BCUT2D eigenvalue weighted by Crippen LogP contribution is -2.34. The number of para-hydroxylation sites is 1. The number of anilines is 1. The molecule has 0 aliphatic carbocycles. The normalized spacial score (nSPS) is 12.1. The Hall–Kier alpha value is -1.88. The predicted octanol–water partition coefficient (Wildman–Crippen LogP) is 1.36. The first-order valence-corrected chi connectivity index (χ1v) is 6.35. The van der Waals surface area contributed by atoms with Crippen LogP contribution in [0.3, 0.4) is 0 Å². The average Bonchev–Trinajstić information content (AvgIpc) is 2.36. The second kappa shape index (κ2) is 6.89. The van der Waals surface area contributed by atoms with E-state index < -0.39 is 6.04 Å². The summed E-state index contributed by atoms with van der Waals surface area (Å²) in [7, 11) is 0. The molecule has 19 heavy (non-hydrogen) atoms. The number of hydrogen-bond acceptors (Lipinski definition) is 3. The average molecular weight is 263 g/mol. The molecule has 4 N–H and O–H groups in total. The minimum atomic E-state index is -0.619. The van der Waals surface area contributed by atoms with Crippen LogP contribution < -0.4 is 16.4 Å². The number of nitrogens with one attached hydrogen (secondary N) is 2. The smallest absolute Gasteiger partial charge is 0.253 e. The highest BCUT2D eigenvalue weighted by atomic mass is 16.2. The Kier molecular flexibility index (Phi) is 5.51. The van der Waals surface area contributed by atoms with E-state index in [0.29, 0.717) is 23.7 Å². The van der Waals surface area contributed by atoms with E-state index in [9.17, 15) is 9.59 Å². The number of nitrogens with two attached hydrogens (primary N) is 1. The Morgan fingerprint density at radius 2 is 1.84 bits per heavy atom. The molecular weight excluding hydrogens is 242 g/mol. The van der Waals surface area contributed by atoms with E-state index in [1.165, 1.54) is 0 Å². The SMILES string of the molecule is CC(C)CNC(=O)c1ccccc1NC(=O)C(C)N. The summed E-state index contributed by atoms with van der Waals surface area (Å²) < 4.78 is 0. The highest BCUT2D eigenvalue weighted by Crippen LogP contribution is 2.15. The minimum absolute atomic E-state index is 0.200. The van der Waals surface area contributed by atoms with E-state index in [4.69, 9.17) is 5.73 Å². The van der Waals surface area contributed by atoms with Crippen molar-refractivity contribution in [3.05, 3.63) is 29.8 Å². The number of rotatable bonds is 5. The van der Waals surface area contributed by atoms with Gasteiger partial charge in [0.1, 0.15) is 0 Å². The van der Waals surface area contributed by atoms with Crippen LogP contribution in [0.2, 0.25) is 0 Å². The lowest BCUT2D eigenvalue weighted by molar-refractivity contribution is -0.117. The first kappa shape index (κ1) is 15.2. The molecule has 2 amide bonds. The summed E-state index contributed by atoms with van der Waals surface area (Å²) in [4.78, 5) is 23.6. The second-order valence-electron chi connectivity index (χ2n) is 4.93. The molecule has 0 saturated heterocycles. The Morgan fingerprint density at radius 1 is 1.21 bits per heavy atom. The molecule has 0 bridgehead atoms. The van der Waals surface area contributed by atoms with Crippen LogP contribution in [0.5, 0.6) is 0 Å². The maximum Gasteiger partial charge on any atom is 0.253 e. The van der Waals surface area contributed by atoms with Crippen molar-refractivity contribution in [2.45, 2.75) is 26.8 Å². The summed E-state index contributed by atoms with van der Waals surface area (Å²) in [6.45, 7) is 6.22. The van der Waals surface area contributed by atoms with E-state index in [2.05, 4.69) is 10.6 Å². The van der Waals surface area contributed by atoms with Gasteiger partial charge in [-0.2, -0.15) is 0 Å². The molecule has 1 rings (SSSR count). The highest BCUT2D eigenvalue weighted by molar-refractivity contribution is 6.04. The van der Waals surface area contributed by atoms with Gasteiger partial charge in [-0.15, -0.1) is 0 Å². The van der Waals surface area contributed by atoms with Gasteiger partial charge in [-0.1, -0.05) is 26.0 Å². The maximum atomic E-state index is 12.0. The lowest BCUT2D eigenvalue weighted by Gasteiger charge is -2.13. The summed E-state index contributed by atoms with van der Waals surface area (Å²) in [5, 5.41) is 5.47. The van der Waals surface area contributed by atoms with Crippen molar-refractivity contribution in [3.63, 3.8) is 0 Å². The summed E-state index contributed by atoms with van der Waals surface area (Å²) in [6.07, 6.45) is 0. The molecule has 0 radical (unpaired) electrons. The van der Waals surface area contributed by atoms with E-state index in [1.807, 2.05) is 13.8 Å². The van der Waals surface area contributed by atoms with Crippen LogP contribution in [-0.4, -0.2) is 24.4 Å². The van der Waals surface area contributed by atoms with Gasteiger partial charge in [0.15, 0.2) is 0 Å². The topological polar surface area (TPSA) is 84.2 Å². The van der Waals surface area contributed by atoms with Crippen molar-refractivity contribution in [3.8, 4) is 0 Å². The van der Waals surface area contributed by atoms with E-state index in [0.717, 1.165) is 0 Å². The van der Waals surface area contributed by atoms with Crippen molar-refractivity contribution in [1.29, 1.82) is 0 Å². The quantitative estimate of drug-likeness (QED) is 0.750. The summed E-state index contributed by atoms with van der Waals surface area (Å²) in [5.74, 6) is -0.145. The van der Waals surface area contributed by atoms with Gasteiger partial charge in [0.05, 0.1) is 17.3 Å². The molecule has 0 saturated carbocycles. The number of hydrogen-bond donors (Lipinski definition) is 3. The molecule has 0 fully saturated rings. The third-order valence-electron chi connectivity index (χ3n) is 2.51. The first-order chi connectivity index (χ1) is 8.91. The first-order valence-electron chi connectivity index (χ1n) is 6.35. The van der Waals surface area contributed by atoms with Crippen LogP contribution in [0.4, 0.5) is 5.69 Å². The zero-order chi connectivity index (χ0) is 14.4. The van der Waals surface area contributed by atoms with Crippen LogP contribution in [0.1, 0.15) is 31.1 Å². The number of carbonyl (C=O) groups is 2. The van der Waals surface area contributed by atoms with E-state index in [1.54, 1.807) is 31.2 Å². The van der Waals surface area contributed by atoms with Crippen LogP contribution in [0.25, 0.3) is 0 Å². The third-order valence-corrected chi connectivity index (χ3v) is 2.51. The number of amides is 2.